The highest BCUT2D eigenvalue weighted by Crippen LogP contribution is 2.28. The Hall–Kier alpha value is -4.24. The van der Waals surface area contributed by atoms with E-state index in [9.17, 15) is 14.4 Å². The van der Waals surface area contributed by atoms with Crippen molar-refractivity contribution >= 4 is 17.7 Å². The molecule has 0 aliphatic heterocycles. The Bertz CT molecular complexity index is 1230. The van der Waals surface area contributed by atoms with Crippen LogP contribution >= 0.6 is 0 Å². The van der Waals surface area contributed by atoms with E-state index in [2.05, 4.69) is 15.6 Å². The lowest BCUT2D eigenvalue weighted by Gasteiger charge is -2.38. The van der Waals surface area contributed by atoms with Gasteiger partial charge in [-0.25, -0.2) is 0 Å². The second kappa shape index (κ2) is 14.1. The minimum absolute atomic E-state index is 0.0179. The van der Waals surface area contributed by atoms with Crippen molar-refractivity contribution in [1.82, 2.24) is 15.6 Å². The van der Waals surface area contributed by atoms with Crippen LogP contribution in [-0.2, 0) is 40.3 Å². The number of hydrogen-bond donors (Lipinski definition) is 4. The van der Waals surface area contributed by atoms with E-state index in [-0.39, 0.29) is 31.7 Å². The summed E-state index contributed by atoms with van der Waals surface area (Å²) in [6, 6.07) is 18.3. The number of nitrogens with one attached hydrogen (secondary N) is 2. The Labute approximate surface area is 229 Å². The third-order valence-corrected chi connectivity index (χ3v) is 6.64. The van der Waals surface area contributed by atoms with Gasteiger partial charge in [0, 0.05) is 38.3 Å². The number of benzene rings is 2. The van der Waals surface area contributed by atoms with Crippen LogP contribution in [0.25, 0.3) is 0 Å². The van der Waals surface area contributed by atoms with E-state index in [1.807, 2.05) is 37.3 Å². The van der Waals surface area contributed by atoms with Gasteiger partial charge >= 0.3 is 0 Å². The number of nitrogens with zero attached hydrogens (tertiary/aromatic N) is 1. The van der Waals surface area contributed by atoms with Crippen LogP contribution in [0.4, 0.5) is 0 Å². The van der Waals surface area contributed by atoms with Gasteiger partial charge in [0.2, 0.25) is 17.7 Å². The standard InChI is InChI=1S/C30H37N5O4/c1-3-27(36)35-30(29(32)38,17-21-11-13-25(14-12-21)39-4-2)26(16-24-6-5-15-33-19-24)28(37)34-20-23-9-7-22(18-31)8-10-23/h5-15,19,26H,3-4,16-18,20,31H2,1-2H3,(H2,32,38)(H,34,37)(H,35,36)/t26-,30?/m1/s1. The second-order valence-electron chi connectivity index (χ2n) is 9.35. The number of rotatable bonds is 14. The summed E-state index contributed by atoms with van der Waals surface area (Å²) in [6.45, 7) is 4.73. The maximum absolute atomic E-state index is 13.9. The van der Waals surface area contributed by atoms with Crippen LogP contribution in [0.5, 0.6) is 5.75 Å². The fourth-order valence-electron chi connectivity index (χ4n) is 4.46. The highest BCUT2D eigenvalue weighted by molar-refractivity contribution is 5.96. The normalized spacial score (nSPS) is 13.1. The number of hydrogen-bond acceptors (Lipinski definition) is 6. The second-order valence-corrected chi connectivity index (χ2v) is 9.35. The van der Waals surface area contributed by atoms with Gasteiger partial charge in [0.05, 0.1) is 12.5 Å². The number of aromatic nitrogens is 1. The minimum atomic E-state index is -1.70. The van der Waals surface area contributed by atoms with Crippen molar-refractivity contribution in [3.05, 3.63) is 95.3 Å². The molecule has 0 aliphatic carbocycles. The van der Waals surface area contributed by atoms with E-state index in [1.165, 1.54) is 0 Å². The first-order chi connectivity index (χ1) is 18.8. The quantitative estimate of drug-likeness (QED) is 0.251. The predicted molar refractivity (Wildman–Crippen MR) is 149 cm³/mol. The molecule has 0 fully saturated rings. The number of amides is 3. The molecule has 0 radical (unpaired) electrons. The Morgan fingerprint density at radius 2 is 1.62 bits per heavy atom. The Balaban J connectivity index is 2.01. The lowest BCUT2D eigenvalue weighted by Crippen LogP contribution is -2.66. The molecular weight excluding hydrogens is 494 g/mol. The molecule has 206 valence electrons. The molecule has 9 heteroatoms. The van der Waals surface area contributed by atoms with Gasteiger partial charge in [0.1, 0.15) is 11.3 Å². The summed E-state index contributed by atoms with van der Waals surface area (Å²) in [5.74, 6) is -1.95. The first-order valence-electron chi connectivity index (χ1n) is 13.1. The van der Waals surface area contributed by atoms with Gasteiger partial charge in [-0.05, 0) is 53.8 Å². The van der Waals surface area contributed by atoms with Gasteiger partial charge < -0.3 is 26.8 Å². The molecule has 0 saturated carbocycles. The van der Waals surface area contributed by atoms with Crippen LogP contribution in [-0.4, -0.2) is 34.9 Å². The molecule has 9 nitrogen and oxygen atoms in total. The average molecular weight is 532 g/mol. The number of ether oxygens (including phenoxy) is 1. The maximum atomic E-state index is 13.9. The molecule has 1 aromatic heterocycles. The van der Waals surface area contributed by atoms with Crippen molar-refractivity contribution < 1.29 is 19.1 Å². The van der Waals surface area contributed by atoms with Crippen LogP contribution in [0.2, 0.25) is 0 Å². The fraction of sp³-hybridized carbons (Fsp3) is 0.333. The lowest BCUT2D eigenvalue weighted by atomic mass is 9.74. The Morgan fingerprint density at radius 3 is 2.18 bits per heavy atom. The maximum Gasteiger partial charge on any atom is 0.244 e. The monoisotopic (exact) mass is 531 g/mol. The summed E-state index contributed by atoms with van der Waals surface area (Å²) in [7, 11) is 0. The van der Waals surface area contributed by atoms with Gasteiger partial charge in [-0.15, -0.1) is 0 Å². The Kier molecular flexibility index (Phi) is 10.6. The number of carbonyl (C=O) groups excluding carboxylic acids is 3. The summed E-state index contributed by atoms with van der Waals surface area (Å²) in [6.07, 6.45) is 3.53. The van der Waals surface area contributed by atoms with Crippen LogP contribution < -0.4 is 26.8 Å². The molecule has 1 heterocycles. The predicted octanol–water partition coefficient (Wildman–Crippen LogP) is 2.41. The van der Waals surface area contributed by atoms with Crippen molar-refractivity contribution in [1.29, 1.82) is 0 Å². The van der Waals surface area contributed by atoms with Gasteiger partial charge in [0.15, 0.2) is 0 Å². The van der Waals surface area contributed by atoms with Crippen molar-refractivity contribution in [2.75, 3.05) is 6.61 Å². The molecule has 3 rings (SSSR count). The smallest absolute Gasteiger partial charge is 0.244 e. The molecule has 6 N–H and O–H groups in total. The number of pyridine rings is 1. The zero-order chi connectivity index (χ0) is 28.3. The van der Waals surface area contributed by atoms with Crippen molar-refractivity contribution in [2.45, 2.75) is 51.7 Å². The van der Waals surface area contributed by atoms with E-state index in [0.717, 1.165) is 22.3 Å². The van der Waals surface area contributed by atoms with Crippen molar-refractivity contribution in [2.24, 2.45) is 17.4 Å². The summed E-state index contributed by atoms with van der Waals surface area (Å²) in [4.78, 5) is 44.1. The first kappa shape index (κ1) is 29.3. The third kappa shape index (κ3) is 7.87. The summed E-state index contributed by atoms with van der Waals surface area (Å²) in [5.41, 5.74) is 13.3. The summed E-state index contributed by atoms with van der Waals surface area (Å²) in [5, 5.41) is 5.79. The van der Waals surface area contributed by atoms with E-state index in [4.69, 9.17) is 16.2 Å². The molecule has 2 atom stereocenters. The van der Waals surface area contributed by atoms with Gasteiger partial charge in [-0.1, -0.05) is 49.4 Å². The molecule has 0 bridgehead atoms. The lowest BCUT2D eigenvalue weighted by molar-refractivity contribution is -0.140. The molecular formula is C30H37N5O4. The van der Waals surface area contributed by atoms with Crippen LogP contribution in [0, 0.1) is 5.92 Å². The number of nitrogens with two attached hydrogens (primary N) is 2. The molecule has 0 spiro atoms. The van der Waals surface area contributed by atoms with Crippen LogP contribution in [0.3, 0.4) is 0 Å². The summed E-state index contributed by atoms with van der Waals surface area (Å²) >= 11 is 0. The molecule has 3 aromatic rings. The molecule has 0 aliphatic rings. The fourth-order valence-corrected chi connectivity index (χ4v) is 4.46. The SMILES string of the molecule is CCOc1ccc(CC(NC(=O)CC)(C(N)=O)[C@H](Cc2cccnc2)C(=O)NCc2ccc(CN)cc2)cc1. The minimum Gasteiger partial charge on any atom is -0.494 e. The van der Waals surface area contributed by atoms with Crippen LogP contribution in [0.15, 0.2) is 73.1 Å². The largest absolute Gasteiger partial charge is 0.494 e. The zero-order valence-electron chi connectivity index (χ0n) is 22.5. The molecule has 39 heavy (non-hydrogen) atoms. The number of carbonyl (C=O) groups is 3. The van der Waals surface area contributed by atoms with Gasteiger partial charge in [0.25, 0.3) is 0 Å². The van der Waals surface area contributed by atoms with Gasteiger partial charge in [-0.3, -0.25) is 19.4 Å². The van der Waals surface area contributed by atoms with E-state index in [0.29, 0.717) is 18.9 Å². The number of primary amides is 1. The van der Waals surface area contributed by atoms with Crippen molar-refractivity contribution in [3.63, 3.8) is 0 Å². The molecule has 1 unspecified atom stereocenters. The molecule has 2 aromatic carbocycles. The Morgan fingerprint density at radius 1 is 0.949 bits per heavy atom. The zero-order valence-corrected chi connectivity index (χ0v) is 22.5. The van der Waals surface area contributed by atoms with Crippen molar-refractivity contribution in [3.8, 4) is 5.75 Å². The third-order valence-electron chi connectivity index (χ3n) is 6.64. The molecule has 0 saturated heterocycles. The van der Waals surface area contributed by atoms with E-state index in [1.54, 1.807) is 49.6 Å². The highest BCUT2D eigenvalue weighted by Gasteiger charge is 2.49. The summed E-state index contributed by atoms with van der Waals surface area (Å²) < 4.78 is 5.53. The van der Waals surface area contributed by atoms with Gasteiger partial charge in [-0.2, -0.15) is 0 Å². The highest BCUT2D eigenvalue weighted by atomic mass is 16.5. The van der Waals surface area contributed by atoms with Crippen LogP contribution in [0.1, 0.15) is 42.5 Å². The average Bonchev–Trinajstić information content (AvgIpc) is 2.96. The van der Waals surface area contributed by atoms with E-state index >= 15 is 0 Å². The first-order valence-corrected chi connectivity index (χ1v) is 13.1. The molecule has 3 amide bonds. The van der Waals surface area contributed by atoms with E-state index < -0.39 is 23.3 Å². The topological polar surface area (TPSA) is 149 Å².